The second kappa shape index (κ2) is 3.54. The van der Waals surface area contributed by atoms with Gasteiger partial charge in [0.1, 0.15) is 0 Å². The van der Waals surface area contributed by atoms with E-state index in [-0.39, 0.29) is 5.54 Å². The second-order valence-corrected chi connectivity index (χ2v) is 4.33. The van der Waals surface area contributed by atoms with Gasteiger partial charge in [0.2, 0.25) is 0 Å². The van der Waals surface area contributed by atoms with Gasteiger partial charge in [-0.3, -0.25) is 4.98 Å². The Morgan fingerprint density at radius 1 is 1.50 bits per heavy atom. The molecule has 0 aromatic carbocycles. The lowest BCUT2D eigenvalue weighted by atomic mass is 9.83. The zero-order valence-electron chi connectivity index (χ0n) is 8.53. The molecular weight excluding hydrogens is 172 g/mol. The fourth-order valence-electron chi connectivity index (χ4n) is 1.80. The SMILES string of the molecule is CC1(N)CC=C(c2cccnc2)CC1. The van der Waals surface area contributed by atoms with Crippen molar-refractivity contribution in [1.82, 2.24) is 4.98 Å². The van der Waals surface area contributed by atoms with E-state index < -0.39 is 0 Å². The number of nitrogens with zero attached hydrogens (tertiary/aromatic N) is 1. The molecule has 0 aliphatic heterocycles. The van der Waals surface area contributed by atoms with Gasteiger partial charge >= 0.3 is 0 Å². The van der Waals surface area contributed by atoms with Crippen molar-refractivity contribution in [2.24, 2.45) is 5.73 Å². The van der Waals surface area contributed by atoms with Crippen LogP contribution < -0.4 is 5.73 Å². The van der Waals surface area contributed by atoms with Crippen molar-refractivity contribution in [3.8, 4) is 0 Å². The molecule has 0 bridgehead atoms. The van der Waals surface area contributed by atoms with Crippen LogP contribution in [0.25, 0.3) is 5.57 Å². The molecule has 0 saturated carbocycles. The molecule has 2 N–H and O–H groups in total. The molecule has 1 heterocycles. The molecule has 2 nitrogen and oxygen atoms in total. The summed E-state index contributed by atoms with van der Waals surface area (Å²) in [5, 5.41) is 0. The zero-order valence-corrected chi connectivity index (χ0v) is 8.53. The molecule has 1 aliphatic carbocycles. The second-order valence-electron chi connectivity index (χ2n) is 4.33. The largest absolute Gasteiger partial charge is 0.325 e. The first-order valence-electron chi connectivity index (χ1n) is 5.06. The average molecular weight is 188 g/mol. The van der Waals surface area contributed by atoms with Gasteiger partial charge < -0.3 is 5.73 Å². The number of rotatable bonds is 1. The Morgan fingerprint density at radius 3 is 2.93 bits per heavy atom. The molecular formula is C12H16N2. The summed E-state index contributed by atoms with van der Waals surface area (Å²) in [4.78, 5) is 4.12. The molecule has 1 aromatic rings. The topological polar surface area (TPSA) is 38.9 Å². The molecule has 0 saturated heterocycles. The highest BCUT2D eigenvalue weighted by Crippen LogP contribution is 2.30. The van der Waals surface area contributed by atoms with Crippen molar-refractivity contribution < 1.29 is 0 Å². The normalized spacial score (nSPS) is 27.1. The smallest absolute Gasteiger partial charge is 0.0342 e. The number of hydrogen-bond donors (Lipinski definition) is 1. The third-order valence-electron chi connectivity index (χ3n) is 2.81. The Labute approximate surface area is 84.9 Å². The van der Waals surface area contributed by atoms with Crippen LogP contribution in [0.5, 0.6) is 0 Å². The fourth-order valence-corrected chi connectivity index (χ4v) is 1.80. The van der Waals surface area contributed by atoms with E-state index in [1.54, 1.807) is 6.20 Å². The van der Waals surface area contributed by atoms with Gasteiger partial charge in [-0.25, -0.2) is 0 Å². The molecule has 0 radical (unpaired) electrons. The molecule has 2 rings (SSSR count). The number of hydrogen-bond acceptors (Lipinski definition) is 2. The highest BCUT2D eigenvalue weighted by atomic mass is 14.7. The predicted octanol–water partition coefficient (Wildman–Crippen LogP) is 2.37. The first-order chi connectivity index (χ1) is 6.67. The van der Waals surface area contributed by atoms with E-state index in [4.69, 9.17) is 5.73 Å². The summed E-state index contributed by atoms with van der Waals surface area (Å²) >= 11 is 0. The van der Waals surface area contributed by atoms with Crippen molar-refractivity contribution in [3.63, 3.8) is 0 Å². The average Bonchev–Trinajstić information content (AvgIpc) is 2.19. The van der Waals surface area contributed by atoms with E-state index in [2.05, 4.69) is 24.1 Å². The highest BCUT2D eigenvalue weighted by molar-refractivity contribution is 5.65. The Morgan fingerprint density at radius 2 is 2.36 bits per heavy atom. The van der Waals surface area contributed by atoms with Crippen LogP contribution in [0, 0.1) is 0 Å². The standard InChI is InChI=1S/C12H16N2/c1-12(13)6-4-10(5-7-12)11-3-2-8-14-9-11/h2-4,8-9H,5-7,13H2,1H3. The van der Waals surface area contributed by atoms with Crippen LogP contribution in [0.2, 0.25) is 0 Å². The number of aromatic nitrogens is 1. The molecule has 1 unspecified atom stereocenters. The van der Waals surface area contributed by atoms with Crippen molar-refractivity contribution in [2.45, 2.75) is 31.7 Å². The summed E-state index contributed by atoms with van der Waals surface area (Å²) in [7, 11) is 0. The first-order valence-corrected chi connectivity index (χ1v) is 5.06. The van der Waals surface area contributed by atoms with Crippen LogP contribution in [0.15, 0.2) is 30.6 Å². The van der Waals surface area contributed by atoms with Gasteiger partial charge in [-0.2, -0.15) is 0 Å². The predicted molar refractivity (Wildman–Crippen MR) is 58.7 cm³/mol. The summed E-state index contributed by atoms with van der Waals surface area (Å²) in [5.74, 6) is 0. The lowest BCUT2D eigenvalue weighted by Gasteiger charge is -2.28. The van der Waals surface area contributed by atoms with E-state index in [1.165, 1.54) is 11.1 Å². The van der Waals surface area contributed by atoms with E-state index in [9.17, 15) is 0 Å². The van der Waals surface area contributed by atoms with E-state index in [1.807, 2.05) is 12.3 Å². The van der Waals surface area contributed by atoms with Crippen molar-refractivity contribution in [3.05, 3.63) is 36.2 Å². The van der Waals surface area contributed by atoms with Gasteiger partial charge in [0.15, 0.2) is 0 Å². The van der Waals surface area contributed by atoms with E-state index in [0.29, 0.717) is 0 Å². The van der Waals surface area contributed by atoms with Crippen molar-refractivity contribution in [1.29, 1.82) is 0 Å². The minimum atomic E-state index is -0.00823. The molecule has 1 atom stereocenters. The lowest BCUT2D eigenvalue weighted by molar-refractivity contribution is 0.432. The molecule has 0 spiro atoms. The molecule has 0 amide bonds. The quantitative estimate of drug-likeness (QED) is 0.734. The fraction of sp³-hybridized carbons (Fsp3) is 0.417. The molecule has 2 heteroatoms. The Hall–Kier alpha value is -1.15. The van der Waals surface area contributed by atoms with Crippen LogP contribution in [0.4, 0.5) is 0 Å². The summed E-state index contributed by atoms with van der Waals surface area (Å²) in [6.07, 6.45) is 9.08. The highest BCUT2D eigenvalue weighted by Gasteiger charge is 2.22. The number of allylic oxidation sites excluding steroid dienone is 1. The van der Waals surface area contributed by atoms with Crippen LogP contribution in [-0.4, -0.2) is 10.5 Å². The summed E-state index contributed by atoms with van der Waals surface area (Å²) in [6, 6.07) is 4.09. The van der Waals surface area contributed by atoms with Crippen LogP contribution in [0.1, 0.15) is 31.7 Å². The third kappa shape index (κ3) is 2.02. The van der Waals surface area contributed by atoms with E-state index >= 15 is 0 Å². The molecule has 1 aliphatic rings. The molecule has 0 fully saturated rings. The van der Waals surface area contributed by atoms with Gasteiger partial charge in [0.25, 0.3) is 0 Å². The van der Waals surface area contributed by atoms with Gasteiger partial charge in [0.05, 0.1) is 0 Å². The Kier molecular flexibility index (Phi) is 2.38. The van der Waals surface area contributed by atoms with Crippen molar-refractivity contribution in [2.75, 3.05) is 0 Å². The Bertz CT molecular complexity index is 339. The maximum atomic E-state index is 6.06. The summed E-state index contributed by atoms with van der Waals surface area (Å²) in [5.41, 5.74) is 8.68. The lowest BCUT2D eigenvalue weighted by Crippen LogP contribution is -2.37. The maximum Gasteiger partial charge on any atom is 0.0342 e. The number of nitrogens with two attached hydrogens (primary N) is 1. The third-order valence-corrected chi connectivity index (χ3v) is 2.81. The summed E-state index contributed by atoms with van der Waals surface area (Å²) in [6.45, 7) is 2.11. The maximum absolute atomic E-state index is 6.06. The molecule has 14 heavy (non-hydrogen) atoms. The Balaban J connectivity index is 2.19. The van der Waals surface area contributed by atoms with Crippen molar-refractivity contribution >= 4 is 5.57 Å². The monoisotopic (exact) mass is 188 g/mol. The first kappa shape index (κ1) is 9.41. The van der Waals surface area contributed by atoms with Gasteiger partial charge in [-0.15, -0.1) is 0 Å². The summed E-state index contributed by atoms with van der Waals surface area (Å²) < 4.78 is 0. The molecule has 74 valence electrons. The van der Waals surface area contributed by atoms with Crippen LogP contribution >= 0.6 is 0 Å². The van der Waals surface area contributed by atoms with E-state index in [0.717, 1.165) is 19.3 Å². The van der Waals surface area contributed by atoms with Gasteiger partial charge in [-0.1, -0.05) is 12.1 Å². The van der Waals surface area contributed by atoms with Gasteiger partial charge in [0, 0.05) is 17.9 Å². The number of pyridine rings is 1. The van der Waals surface area contributed by atoms with Crippen LogP contribution in [-0.2, 0) is 0 Å². The van der Waals surface area contributed by atoms with Gasteiger partial charge in [-0.05, 0) is 43.4 Å². The zero-order chi connectivity index (χ0) is 10.0. The minimum Gasteiger partial charge on any atom is -0.325 e. The van der Waals surface area contributed by atoms with Crippen LogP contribution in [0.3, 0.4) is 0 Å². The minimum absolute atomic E-state index is 0.00823. The molecule has 1 aromatic heterocycles.